The molecule has 0 atom stereocenters. The summed E-state index contributed by atoms with van der Waals surface area (Å²) in [6.07, 6.45) is 0. The molecule has 0 aliphatic carbocycles. The molecule has 0 amide bonds. The molecule has 6 heteroatoms. The Bertz CT molecular complexity index is 387. The summed E-state index contributed by atoms with van der Waals surface area (Å²) in [5.74, 6) is -0.450. The minimum absolute atomic E-state index is 0.0862. The lowest BCUT2D eigenvalue weighted by Crippen LogP contribution is -2.07. The van der Waals surface area contributed by atoms with Crippen molar-refractivity contribution in [2.75, 3.05) is 5.75 Å². The molecule has 0 saturated heterocycles. The summed E-state index contributed by atoms with van der Waals surface area (Å²) in [6.45, 7) is 4.16. The van der Waals surface area contributed by atoms with Gasteiger partial charge in [-0.25, -0.2) is 4.79 Å². The van der Waals surface area contributed by atoms with Gasteiger partial charge in [-0.05, 0) is 12.7 Å². The van der Waals surface area contributed by atoms with Gasteiger partial charge in [0.25, 0.3) is 0 Å². The SMILES string of the molecule is CCSC(=O)c1cc(C(=O)O)nn1CC. The fourth-order valence-corrected chi connectivity index (χ4v) is 1.71. The van der Waals surface area contributed by atoms with Gasteiger partial charge in [0.05, 0.1) is 0 Å². The topological polar surface area (TPSA) is 72.2 Å². The maximum absolute atomic E-state index is 11.6. The molecule has 0 bridgehead atoms. The molecule has 0 aliphatic rings. The molecular formula is C9H12N2O3S. The van der Waals surface area contributed by atoms with Crippen LogP contribution in [0.5, 0.6) is 0 Å². The number of carbonyl (C=O) groups excluding carboxylic acids is 1. The third-order valence-corrected chi connectivity index (χ3v) is 2.54. The lowest BCUT2D eigenvalue weighted by Gasteiger charge is -2.00. The van der Waals surface area contributed by atoms with Gasteiger partial charge in [0.15, 0.2) is 5.69 Å². The molecule has 1 aromatic heterocycles. The predicted molar refractivity (Wildman–Crippen MR) is 57.3 cm³/mol. The van der Waals surface area contributed by atoms with Crippen molar-refractivity contribution < 1.29 is 14.7 Å². The van der Waals surface area contributed by atoms with E-state index in [0.717, 1.165) is 11.8 Å². The van der Waals surface area contributed by atoms with Gasteiger partial charge >= 0.3 is 5.97 Å². The Labute approximate surface area is 91.5 Å². The van der Waals surface area contributed by atoms with Crippen molar-refractivity contribution in [3.05, 3.63) is 17.5 Å². The van der Waals surface area contributed by atoms with Crippen molar-refractivity contribution >= 4 is 22.8 Å². The van der Waals surface area contributed by atoms with Gasteiger partial charge in [-0.2, -0.15) is 5.10 Å². The van der Waals surface area contributed by atoms with Gasteiger partial charge < -0.3 is 5.11 Å². The maximum atomic E-state index is 11.6. The van der Waals surface area contributed by atoms with Gasteiger partial charge in [-0.3, -0.25) is 9.48 Å². The van der Waals surface area contributed by atoms with Crippen LogP contribution >= 0.6 is 11.8 Å². The lowest BCUT2D eigenvalue weighted by atomic mass is 10.4. The Morgan fingerprint density at radius 2 is 2.20 bits per heavy atom. The van der Waals surface area contributed by atoms with Gasteiger partial charge in [0, 0.05) is 12.6 Å². The van der Waals surface area contributed by atoms with Crippen LogP contribution in [0.2, 0.25) is 0 Å². The molecule has 0 fully saturated rings. The van der Waals surface area contributed by atoms with E-state index < -0.39 is 5.97 Å². The monoisotopic (exact) mass is 228 g/mol. The van der Waals surface area contributed by atoms with Crippen LogP contribution in [0.15, 0.2) is 6.07 Å². The summed E-state index contributed by atoms with van der Waals surface area (Å²) >= 11 is 1.15. The minimum Gasteiger partial charge on any atom is -0.476 e. The first-order valence-corrected chi connectivity index (χ1v) is 5.57. The Balaban J connectivity index is 3.05. The molecule has 0 radical (unpaired) electrons. The molecule has 0 aromatic carbocycles. The van der Waals surface area contributed by atoms with E-state index in [9.17, 15) is 9.59 Å². The maximum Gasteiger partial charge on any atom is 0.356 e. The van der Waals surface area contributed by atoms with Crippen LogP contribution in [-0.2, 0) is 6.54 Å². The highest BCUT2D eigenvalue weighted by atomic mass is 32.2. The fourth-order valence-electron chi connectivity index (χ4n) is 1.13. The van der Waals surface area contributed by atoms with Crippen molar-refractivity contribution in [3.63, 3.8) is 0 Å². The first kappa shape index (κ1) is 11.8. The number of carboxylic acids is 1. The largest absolute Gasteiger partial charge is 0.476 e. The predicted octanol–water partition coefficient (Wildman–Crippen LogP) is 1.49. The molecule has 15 heavy (non-hydrogen) atoms. The van der Waals surface area contributed by atoms with E-state index in [2.05, 4.69) is 5.10 Å². The van der Waals surface area contributed by atoms with Crippen LogP contribution in [0, 0.1) is 0 Å². The van der Waals surface area contributed by atoms with Crippen LogP contribution in [0.3, 0.4) is 0 Å². The highest BCUT2D eigenvalue weighted by molar-refractivity contribution is 8.14. The summed E-state index contributed by atoms with van der Waals surface area (Å²) in [6, 6.07) is 1.32. The average molecular weight is 228 g/mol. The molecule has 0 spiro atoms. The van der Waals surface area contributed by atoms with Gasteiger partial charge in [-0.15, -0.1) is 0 Å². The number of carbonyl (C=O) groups is 2. The zero-order valence-electron chi connectivity index (χ0n) is 8.56. The van der Waals surface area contributed by atoms with Crippen LogP contribution < -0.4 is 0 Å². The normalized spacial score (nSPS) is 10.3. The number of hydrogen-bond donors (Lipinski definition) is 1. The molecule has 0 saturated carbocycles. The molecule has 1 rings (SSSR count). The van der Waals surface area contributed by atoms with Crippen LogP contribution in [0.1, 0.15) is 34.8 Å². The smallest absolute Gasteiger partial charge is 0.356 e. The first-order valence-electron chi connectivity index (χ1n) is 4.58. The van der Waals surface area contributed by atoms with Crippen molar-refractivity contribution in [1.82, 2.24) is 9.78 Å². The number of thioether (sulfide) groups is 1. The van der Waals surface area contributed by atoms with Crippen molar-refractivity contribution in [1.29, 1.82) is 0 Å². The van der Waals surface area contributed by atoms with E-state index in [1.807, 2.05) is 13.8 Å². The van der Waals surface area contributed by atoms with E-state index in [1.165, 1.54) is 10.7 Å². The number of aromatic carboxylic acids is 1. The zero-order chi connectivity index (χ0) is 11.4. The molecule has 0 aliphatic heterocycles. The number of carboxylic acid groups (broad SMARTS) is 1. The second-order valence-corrected chi connectivity index (χ2v) is 3.99. The minimum atomic E-state index is -1.11. The first-order chi connectivity index (χ1) is 7.10. The molecule has 1 N–H and O–H groups in total. The van der Waals surface area contributed by atoms with Crippen molar-refractivity contribution in [2.45, 2.75) is 20.4 Å². The summed E-state index contributed by atoms with van der Waals surface area (Å²) in [5.41, 5.74) is 0.263. The summed E-state index contributed by atoms with van der Waals surface area (Å²) in [7, 11) is 0. The second-order valence-electron chi connectivity index (χ2n) is 2.76. The number of rotatable bonds is 4. The number of aryl methyl sites for hydroxylation is 1. The molecule has 1 aromatic rings. The molecule has 82 valence electrons. The summed E-state index contributed by atoms with van der Waals surface area (Å²) in [5, 5.41) is 12.4. The Morgan fingerprint density at radius 1 is 1.53 bits per heavy atom. The standard InChI is InChI=1S/C9H12N2O3S/c1-3-11-7(9(14)15-4-2)5-6(10-11)8(12)13/h5H,3-4H2,1-2H3,(H,12,13). The van der Waals surface area contributed by atoms with Gasteiger partial charge in [0.1, 0.15) is 5.69 Å². The molecule has 5 nitrogen and oxygen atoms in total. The van der Waals surface area contributed by atoms with E-state index in [1.54, 1.807) is 0 Å². The lowest BCUT2D eigenvalue weighted by molar-refractivity contribution is 0.0689. The summed E-state index contributed by atoms with van der Waals surface area (Å²) in [4.78, 5) is 22.2. The van der Waals surface area contributed by atoms with Crippen molar-refractivity contribution in [3.8, 4) is 0 Å². The zero-order valence-corrected chi connectivity index (χ0v) is 9.37. The molecular weight excluding hydrogens is 216 g/mol. The average Bonchev–Trinajstić information content (AvgIpc) is 2.61. The van der Waals surface area contributed by atoms with E-state index in [4.69, 9.17) is 5.11 Å². The van der Waals surface area contributed by atoms with Crippen LogP contribution in [0.25, 0.3) is 0 Å². The van der Waals surface area contributed by atoms with Crippen LogP contribution in [0.4, 0.5) is 0 Å². The van der Waals surface area contributed by atoms with Gasteiger partial charge in [0.2, 0.25) is 5.12 Å². The van der Waals surface area contributed by atoms with Gasteiger partial charge in [-0.1, -0.05) is 18.7 Å². The molecule has 0 unspecified atom stereocenters. The quantitative estimate of drug-likeness (QED) is 0.845. The Hall–Kier alpha value is -1.30. The van der Waals surface area contributed by atoms with E-state index in [0.29, 0.717) is 18.0 Å². The highest BCUT2D eigenvalue weighted by Gasteiger charge is 2.17. The second kappa shape index (κ2) is 4.97. The highest BCUT2D eigenvalue weighted by Crippen LogP contribution is 2.13. The third-order valence-electron chi connectivity index (χ3n) is 1.78. The number of hydrogen-bond acceptors (Lipinski definition) is 4. The Morgan fingerprint density at radius 3 is 2.67 bits per heavy atom. The third kappa shape index (κ3) is 2.59. The number of nitrogens with zero attached hydrogens (tertiary/aromatic N) is 2. The Kier molecular flexibility index (Phi) is 3.90. The van der Waals surface area contributed by atoms with E-state index in [-0.39, 0.29) is 10.8 Å². The van der Waals surface area contributed by atoms with Crippen LogP contribution in [-0.4, -0.2) is 31.7 Å². The fraction of sp³-hybridized carbons (Fsp3) is 0.444. The molecule has 1 heterocycles. The summed E-state index contributed by atoms with van der Waals surface area (Å²) < 4.78 is 1.41. The van der Waals surface area contributed by atoms with Crippen molar-refractivity contribution in [2.24, 2.45) is 0 Å². The number of aromatic nitrogens is 2. The van der Waals surface area contributed by atoms with E-state index >= 15 is 0 Å².